The van der Waals surface area contributed by atoms with Crippen LogP contribution in [0.15, 0.2) is 24.3 Å². The fraction of sp³-hybridized carbons (Fsp3) is 0.781. The van der Waals surface area contributed by atoms with E-state index in [0.717, 1.165) is 35.4 Å². The van der Waals surface area contributed by atoms with Gasteiger partial charge >= 0.3 is 7.60 Å². The van der Waals surface area contributed by atoms with Gasteiger partial charge in [-0.05, 0) is 43.4 Å². The number of benzene rings is 1. The van der Waals surface area contributed by atoms with Gasteiger partial charge < -0.3 is 23.4 Å². The first-order valence-electron chi connectivity index (χ1n) is 15.5. The SMILES string of the molecule is CCCCCCCCCCCCCCOc1ccc(CC(COP(=O)(O)CCC[N+](C)(C)C)CC(C)=O)cc1. The Morgan fingerprint density at radius 2 is 1.41 bits per heavy atom. The van der Waals surface area contributed by atoms with Crippen molar-refractivity contribution in [1.82, 2.24) is 0 Å². The Morgan fingerprint density at radius 1 is 0.872 bits per heavy atom. The summed E-state index contributed by atoms with van der Waals surface area (Å²) in [5, 5.41) is 0. The maximum absolute atomic E-state index is 12.5. The van der Waals surface area contributed by atoms with Crippen LogP contribution >= 0.6 is 7.60 Å². The number of ether oxygens (including phenoxy) is 1. The van der Waals surface area contributed by atoms with Gasteiger partial charge in [0.05, 0.1) is 47.1 Å². The fourth-order valence-electron chi connectivity index (χ4n) is 4.82. The molecular weight excluding hydrogens is 509 g/mol. The molecule has 0 spiro atoms. The molecule has 0 fully saturated rings. The quantitative estimate of drug-likeness (QED) is 0.0731. The zero-order chi connectivity index (χ0) is 29.0. The zero-order valence-electron chi connectivity index (χ0n) is 25.8. The highest BCUT2D eigenvalue weighted by atomic mass is 31.2. The molecule has 0 aliphatic carbocycles. The van der Waals surface area contributed by atoms with Crippen molar-refractivity contribution in [2.45, 2.75) is 110 Å². The first-order chi connectivity index (χ1) is 18.5. The van der Waals surface area contributed by atoms with Crippen LogP contribution in [0.25, 0.3) is 0 Å². The summed E-state index contributed by atoms with van der Waals surface area (Å²) in [6, 6.07) is 7.99. The van der Waals surface area contributed by atoms with Crippen LogP contribution in [0.4, 0.5) is 0 Å². The van der Waals surface area contributed by atoms with Crippen molar-refractivity contribution >= 4 is 13.4 Å². The Kier molecular flexibility index (Phi) is 19.0. The molecule has 7 heteroatoms. The third-order valence-electron chi connectivity index (χ3n) is 7.07. The predicted octanol–water partition coefficient (Wildman–Crippen LogP) is 8.20. The highest BCUT2D eigenvalue weighted by Gasteiger charge is 2.24. The second-order valence-electron chi connectivity index (χ2n) is 12.4. The van der Waals surface area contributed by atoms with E-state index in [4.69, 9.17) is 9.26 Å². The molecule has 6 nitrogen and oxygen atoms in total. The summed E-state index contributed by atoms with van der Waals surface area (Å²) in [7, 11) is 2.51. The summed E-state index contributed by atoms with van der Waals surface area (Å²) in [6.07, 6.45) is 17.7. The number of hydrogen-bond acceptors (Lipinski definition) is 4. The molecule has 226 valence electrons. The Bertz CT molecular complexity index is 806. The van der Waals surface area contributed by atoms with Crippen LogP contribution < -0.4 is 4.74 Å². The van der Waals surface area contributed by atoms with E-state index in [1.165, 1.54) is 70.6 Å². The number of nitrogens with zero attached hydrogens (tertiary/aromatic N) is 1. The van der Waals surface area contributed by atoms with Crippen LogP contribution in [0.5, 0.6) is 5.75 Å². The van der Waals surface area contributed by atoms with Gasteiger partial charge in [0, 0.05) is 12.8 Å². The van der Waals surface area contributed by atoms with Crippen molar-refractivity contribution in [1.29, 1.82) is 0 Å². The average Bonchev–Trinajstić information content (AvgIpc) is 2.85. The number of hydrogen-bond donors (Lipinski definition) is 1. The van der Waals surface area contributed by atoms with Gasteiger partial charge in [0.1, 0.15) is 11.5 Å². The van der Waals surface area contributed by atoms with E-state index in [-0.39, 0.29) is 24.5 Å². The third kappa shape index (κ3) is 21.2. The highest BCUT2D eigenvalue weighted by Crippen LogP contribution is 2.43. The van der Waals surface area contributed by atoms with Crippen LogP contribution in [0.2, 0.25) is 0 Å². The molecule has 0 saturated carbocycles. The molecule has 0 amide bonds. The number of carbonyl (C=O) groups excluding carboxylic acids is 1. The molecule has 0 bridgehead atoms. The standard InChI is InChI=1S/C32H58NO5P/c1-6-7-8-9-10-11-12-13-14-15-16-17-24-37-32-21-19-30(20-22-32)27-31(26-29(2)34)28-38-39(35,36)25-18-23-33(3,4)5/h19-22,31H,6-18,23-28H2,1-5H3/p+1. The largest absolute Gasteiger partial charge is 0.494 e. The predicted molar refractivity (Wildman–Crippen MR) is 164 cm³/mol. The number of Topliss-reactive ketones (excluding diaryl/α,β-unsaturated/α-hetero) is 1. The Labute approximate surface area is 240 Å². The van der Waals surface area contributed by atoms with E-state index in [2.05, 4.69) is 28.1 Å². The van der Waals surface area contributed by atoms with Crippen molar-refractivity contribution in [3.8, 4) is 5.75 Å². The zero-order valence-corrected chi connectivity index (χ0v) is 26.7. The highest BCUT2D eigenvalue weighted by molar-refractivity contribution is 7.52. The van der Waals surface area contributed by atoms with Gasteiger partial charge in [-0.1, -0.05) is 89.7 Å². The molecule has 1 aromatic carbocycles. The second kappa shape index (κ2) is 20.6. The van der Waals surface area contributed by atoms with Crippen LogP contribution in [-0.2, 0) is 20.3 Å². The van der Waals surface area contributed by atoms with Crippen LogP contribution in [0, 0.1) is 5.92 Å². The van der Waals surface area contributed by atoms with E-state index in [1.54, 1.807) is 6.92 Å². The third-order valence-corrected chi connectivity index (χ3v) is 8.51. The molecule has 0 aliphatic rings. The number of carbonyl (C=O) groups is 1. The maximum Gasteiger partial charge on any atom is 0.328 e. The first-order valence-corrected chi connectivity index (χ1v) is 17.2. The summed E-state index contributed by atoms with van der Waals surface area (Å²) < 4.78 is 24.6. The lowest BCUT2D eigenvalue weighted by atomic mass is 9.95. The number of unbranched alkanes of at least 4 members (excludes halogenated alkanes) is 11. The smallest absolute Gasteiger partial charge is 0.328 e. The van der Waals surface area contributed by atoms with E-state index < -0.39 is 7.60 Å². The van der Waals surface area contributed by atoms with Crippen LogP contribution in [0.3, 0.4) is 0 Å². The van der Waals surface area contributed by atoms with Gasteiger partial charge in [0.15, 0.2) is 0 Å². The molecule has 39 heavy (non-hydrogen) atoms. The maximum atomic E-state index is 12.5. The van der Waals surface area contributed by atoms with Crippen molar-refractivity contribution in [3.63, 3.8) is 0 Å². The van der Waals surface area contributed by atoms with Crippen molar-refractivity contribution in [2.24, 2.45) is 5.92 Å². The lowest BCUT2D eigenvalue weighted by Gasteiger charge is -2.24. The molecule has 0 aliphatic heterocycles. The van der Waals surface area contributed by atoms with E-state index in [0.29, 0.717) is 19.3 Å². The molecule has 0 aromatic heterocycles. The van der Waals surface area contributed by atoms with Gasteiger partial charge in [-0.15, -0.1) is 0 Å². The topological polar surface area (TPSA) is 72.8 Å². The van der Waals surface area contributed by atoms with Crippen molar-refractivity contribution in [3.05, 3.63) is 29.8 Å². The summed E-state index contributed by atoms with van der Waals surface area (Å²) in [4.78, 5) is 22.0. The summed E-state index contributed by atoms with van der Waals surface area (Å²) >= 11 is 0. The number of ketones is 1. The van der Waals surface area contributed by atoms with Gasteiger partial charge in [0.25, 0.3) is 0 Å². The first kappa shape index (κ1) is 35.8. The van der Waals surface area contributed by atoms with Gasteiger partial charge in [-0.2, -0.15) is 0 Å². The molecule has 2 atom stereocenters. The van der Waals surface area contributed by atoms with Crippen LogP contribution in [0.1, 0.15) is 109 Å². The average molecular weight is 569 g/mol. The normalized spacial score (nSPS) is 14.2. The van der Waals surface area contributed by atoms with E-state index >= 15 is 0 Å². The Balaban J connectivity index is 2.28. The van der Waals surface area contributed by atoms with Gasteiger partial charge in [-0.25, -0.2) is 0 Å². The van der Waals surface area contributed by atoms with Crippen molar-refractivity contribution < 1.29 is 28.0 Å². The van der Waals surface area contributed by atoms with Crippen molar-refractivity contribution in [2.75, 3.05) is 47.1 Å². The molecule has 0 radical (unpaired) electrons. The molecule has 0 heterocycles. The molecule has 0 saturated heterocycles. The van der Waals surface area contributed by atoms with Crippen LogP contribution in [-0.4, -0.2) is 62.2 Å². The summed E-state index contributed by atoms with van der Waals surface area (Å²) in [5.41, 5.74) is 1.07. The lowest BCUT2D eigenvalue weighted by molar-refractivity contribution is -0.870. The second-order valence-corrected chi connectivity index (χ2v) is 14.4. The minimum absolute atomic E-state index is 0.0590. The molecule has 1 N–H and O–H groups in total. The molecular formula is C32H59NO5P+. The minimum atomic E-state index is -3.66. The Morgan fingerprint density at radius 3 is 1.92 bits per heavy atom. The van der Waals surface area contributed by atoms with E-state index in [9.17, 15) is 14.3 Å². The number of quaternary nitrogens is 1. The minimum Gasteiger partial charge on any atom is -0.494 e. The molecule has 2 unspecified atom stereocenters. The summed E-state index contributed by atoms with van der Waals surface area (Å²) in [5.74, 6) is 0.788. The fourth-order valence-corrected chi connectivity index (χ4v) is 5.93. The Hall–Kier alpha value is -1.20. The van der Waals surface area contributed by atoms with Gasteiger partial charge in [0.2, 0.25) is 0 Å². The monoisotopic (exact) mass is 568 g/mol. The van der Waals surface area contributed by atoms with E-state index in [1.807, 2.05) is 24.3 Å². The molecule has 1 rings (SSSR count). The summed E-state index contributed by atoms with van der Waals surface area (Å²) in [6.45, 7) is 5.47. The lowest BCUT2D eigenvalue weighted by Crippen LogP contribution is -2.35. The molecule has 1 aromatic rings. The number of rotatable bonds is 25. The van der Waals surface area contributed by atoms with Gasteiger partial charge in [-0.3, -0.25) is 4.57 Å².